The quantitative estimate of drug-likeness (QED) is 0.738. The number of methoxy groups -OCH3 is 1. The summed E-state index contributed by atoms with van der Waals surface area (Å²) in [5, 5.41) is 2.03. The lowest BCUT2D eigenvalue weighted by Gasteiger charge is -2.31. The van der Waals surface area contributed by atoms with E-state index < -0.39 is 6.04 Å². The van der Waals surface area contributed by atoms with Gasteiger partial charge in [-0.05, 0) is 41.5 Å². The van der Waals surface area contributed by atoms with E-state index in [0.717, 1.165) is 10.4 Å². The van der Waals surface area contributed by atoms with Crippen LogP contribution in [-0.4, -0.2) is 30.5 Å². The van der Waals surface area contributed by atoms with Crippen molar-refractivity contribution in [1.29, 1.82) is 0 Å². The Morgan fingerprint density at radius 3 is 2.56 bits per heavy atom. The lowest BCUT2D eigenvalue weighted by atomic mass is 9.86. The molecule has 0 fully saturated rings. The van der Waals surface area contributed by atoms with Gasteiger partial charge in [-0.25, -0.2) is 0 Å². The fraction of sp³-hybridized carbons (Fsp3) is 0.476. The van der Waals surface area contributed by atoms with Crippen LogP contribution in [0, 0.1) is 5.41 Å². The molecular weight excluding hydrogens is 360 g/mol. The average molecular weight is 391 g/mol. The fourth-order valence-electron chi connectivity index (χ4n) is 2.61. The van der Waals surface area contributed by atoms with Gasteiger partial charge in [-0.3, -0.25) is 4.79 Å². The molecule has 1 atom stereocenters. The van der Waals surface area contributed by atoms with Crippen molar-refractivity contribution < 1.29 is 14.3 Å². The van der Waals surface area contributed by atoms with Gasteiger partial charge in [0.05, 0.1) is 13.2 Å². The van der Waals surface area contributed by atoms with Crippen molar-refractivity contribution in [3.8, 4) is 11.5 Å². The van der Waals surface area contributed by atoms with E-state index in [1.165, 1.54) is 0 Å². The van der Waals surface area contributed by atoms with Gasteiger partial charge in [0.1, 0.15) is 6.61 Å². The first kappa shape index (κ1) is 21.3. The van der Waals surface area contributed by atoms with E-state index >= 15 is 0 Å². The molecule has 0 aliphatic rings. The van der Waals surface area contributed by atoms with E-state index in [2.05, 4.69) is 0 Å². The van der Waals surface area contributed by atoms with Crippen LogP contribution in [0.5, 0.6) is 11.5 Å². The number of carbonyl (C=O) groups is 1. The molecule has 0 unspecified atom stereocenters. The summed E-state index contributed by atoms with van der Waals surface area (Å²) in [7, 11) is 1.62. The molecule has 0 saturated carbocycles. The molecule has 5 nitrogen and oxygen atoms in total. The molecule has 0 aliphatic carbocycles. The highest BCUT2D eigenvalue weighted by atomic mass is 32.1. The van der Waals surface area contributed by atoms with Crippen molar-refractivity contribution in [3.63, 3.8) is 0 Å². The van der Waals surface area contributed by atoms with Gasteiger partial charge in [-0.1, -0.05) is 32.9 Å². The van der Waals surface area contributed by atoms with Crippen LogP contribution >= 0.6 is 11.3 Å². The Kier molecular flexibility index (Phi) is 7.27. The SMILES string of the molecule is CCN(Cc1ccc(OCc2cccs2)c(OC)c1)C(=O)[C@@H](N)C(C)(C)C. The molecule has 1 amide bonds. The molecule has 0 saturated heterocycles. The molecule has 1 aromatic carbocycles. The lowest BCUT2D eigenvalue weighted by molar-refractivity contribution is -0.135. The maximum atomic E-state index is 12.7. The molecule has 2 rings (SSSR count). The molecule has 0 aliphatic heterocycles. The second-order valence-electron chi connectivity index (χ2n) is 7.55. The van der Waals surface area contributed by atoms with Crippen LogP contribution in [0.15, 0.2) is 35.7 Å². The number of hydrogen-bond acceptors (Lipinski definition) is 5. The normalized spacial score (nSPS) is 12.5. The first-order valence-corrected chi connectivity index (χ1v) is 10.0. The first-order chi connectivity index (χ1) is 12.8. The van der Waals surface area contributed by atoms with E-state index in [1.807, 2.05) is 63.4 Å². The van der Waals surface area contributed by atoms with Crippen molar-refractivity contribution in [2.45, 2.75) is 46.9 Å². The molecule has 1 aromatic heterocycles. The number of thiophene rings is 1. The highest BCUT2D eigenvalue weighted by Gasteiger charge is 2.30. The van der Waals surface area contributed by atoms with Crippen molar-refractivity contribution >= 4 is 17.2 Å². The van der Waals surface area contributed by atoms with Crippen LogP contribution in [0.1, 0.15) is 38.1 Å². The molecule has 0 radical (unpaired) electrons. The molecule has 0 bridgehead atoms. The molecule has 1 heterocycles. The molecule has 2 N–H and O–H groups in total. The number of carbonyl (C=O) groups excluding carboxylic acids is 1. The minimum absolute atomic E-state index is 0.0398. The van der Waals surface area contributed by atoms with E-state index in [1.54, 1.807) is 23.3 Å². The Balaban J connectivity index is 2.10. The Morgan fingerprint density at radius 2 is 2.00 bits per heavy atom. The van der Waals surface area contributed by atoms with Crippen LogP contribution in [0.2, 0.25) is 0 Å². The van der Waals surface area contributed by atoms with Gasteiger partial charge in [0.2, 0.25) is 5.91 Å². The molecule has 0 spiro atoms. The highest BCUT2D eigenvalue weighted by molar-refractivity contribution is 7.09. The third kappa shape index (κ3) is 5.71. The molecule has 148 valence electrons. The predicted octanol–water partition coefficient (Wildman–Crippen LogP) is 4.06. The largest absolute Gasteiger partial charge is 0.493 e. The number of hydrogen-bond donors (Lipinski definition) is 1. The van der Waals surface area contributed by atoms with Crippen molar-refractivity contribution in [1.82, 2.24) is 4.90 Å². The Bertz CT molecular complexity index is 738. The summed E-state index contributed by atoms with van der Waals surface area (Å²) in [5.41, 5.74) is 6.86. The van der Waals surface area contributed by atoms with Gasteiger partial charge in [-0.2, -0.15) is 0 Å². The second-order valence-corrected chi connectivity index (χ2v) is 8.58. The Hall–Kier alpha value is -2.05. The molecular formula is C21H30N2O3S. The van der Waals surface area contributed by atoms with Crippen LogP contribution in [0.3, 0.4) is 0 Å². The van der Waals surface area contributed by atoms with E-state index in [0.29, 0.717) is 31.2 Å². The standard InChI is InChI=1S/C21H30N2O3S/c1-6-23(20(24)19(22)21(2,3)4)13-15-9-10-17(18(12-15)25-5)26-14-16-8-7-11-27-16/h7-12,19H,6,13-14,22H2,1-5H3/t19-/m1/s1. The predicted molar refractivity (Wildman–Crippen MR) is 110 cm³/mol. The first-order valence-electron chi connectivity index (χ1n) is 9.12. The van der Waals surface area contributed by atoms with Gasteiger partial charge in [0, 0.05) is 18.0 Å². The number of amides is 1. The van der Waals surface area contributed by atoms with E-state index in [-0.39, 0.29) is 11.3 Å². The van der Waals surface area contributed by atoms with Gasteiger partial charge in [0.15, 0.2) is 11.5 Å². The number of nitrogens with two attached hydrogens (primary N) is 1. The third-order valence-corrected chi connectivity index (χ3v) is 5.29. The zero-order valence-electron chi connectivity index (χ0n) is 16.8. The monoisotopic (exact) mass is 390 g/mol. The van der Waals surface area contributed by atoms with Gasteiger partial charge >= 0.3 is 0 Å². The lowest BCUT2D eigenvalue weighted by Crippen LogP contribution is -2.50. The van der Waals surface area contributed by atoms with Crippen molar-refractivity contribution in [2.75, 3.05) is 13.7 Å². The van der Waals surface area contributed by atoms with Crippen LogP contribution < -0.4 is 15.2 Å². The van der Waals surface area contributed by atoms with Gasteiger partial charge in [-0.15, -0.1) is 11.3 Å². The summed E-state index contributed by atoms with van der Waals surface area (Å²) in [6, 6.07) is 9.28. The average Bonchev–Trinajstić information content (AvgIpc) is 3.16. The zero-order valence-corrected chi connectivity index (χ0v) is 17.6. The zero-order chi connectivity index (χ0) is 20.0. The Labute approximate surface area is 166 Å². The number of rotatable bonds is 8. The van der Waals surface area contributed by atoms with Gasteiger partial charge < -0.3 is 20.1 Å². The minimum Gasteiger partial charge on any atom is -0.493 e. The molecule has 27 heavy (non-hydrogen) atoms. The van der Waals surface area contributed by atoms with E-state index in [9.17, 15) is 4.79 Å². The maximum absolute atomic E-state index is 12.7. The number of benzene rings is 1. The summed E-state index contributed by atoms with van der Waals surface area (Å²) in [5.74, 6) is 1.31. The Morgan fingerprint density at radius 1 is 1.26 bits per heavy atom. The van der Waals surface area contributed by atoms with Gasteiger partial charge in [0.25, 0.3) is 0 Å². The summed E-state index contributed by atoms with van der Waals surface area (Å²) >= 11 is 1.66. The number of likely N-dealkylation sites (N-methyl/N-ethyl adjacent to an activating group) is 1. The fourth-order valence-corrected chi connectivity index (χ4v) is 3.22. The van der Waals surface area contributed by atoms with Crippen LogP contribution in [-0.2, 0) is 17.9 Å². The minimum atomic E-state index is -0.534. The van der Waals surface area contributed by atoms with Crippen LogP contribution in [0.25, 0.3) is 0 Å². The van der Waals surface area contributed by atoms with Crippen LogP contribution in [0.4, 0.5) is 0 Å². The van der Waals surface area contributed by atoms with E-state index in [4.69, 9.17) is 15.2 Å². The number of ether oxygens (including phenoxy) is 2. The summed E-state index contributed by atoms with van der Waals surface area (Å²) in [6.45, 7) is 9.49. The smallest absolute Gasteiger partial charge is 0.240 e. The topological polar surface area (TPSA) is 64.8 Å². The molecule has 6 heteroatoms. The maximum Gasteiger partial charge on any atom is 0.240 e. The second kappa shape index (κ2) is 9.24. The van der Waals surface area contributed by atoms with Crippen molar-refractivity contribution in [2.24, 2.45) is 11.1 Å². The third-order valence-electron chi connectivity index (χ3n) is 4.44. The molecule has 2 aromatic rings. The van der Waals surface area contributed by atoms with Crippen molar-refractivity contribution in [3.05, 3.63) is 46.2 Å². The summed E-state index contributed by atoms with van der Waals surface area (Å²) in [6.07, 6.45) is 0. The highest BCUT2D eigenvalue weighted by Crippen LogP contribution is 2.30. The summed E-state index contributed by atoms with van der Waals surface area (Å²) in [4.78, 5) is 15.7. The number of nitrogens with zero attached hydrogens (tertiary/aromatic N) is 1. The summed E-state index contributed by atoms with van der Waals surface area (Å²) < 4.78 is 11.4.